The highest BCUT2D eigenvalue weighted by Crippen LogP contribution is 2.48. The lowest BCUT2D eigenvalue weighted by atomic mass is 9.95. The van der Waals surface area contributed by atoms with Gasteiger partial charge in [0.15, 0.2) is 0 Å². The van der Waals surface area contributed by atoms with Crippen molar-refractivity contribution >= 4 is 26.0 Å². The van der Waals surface area contributed by atoms with E-state index < -0.39 is 25.5 Å². The Morgan fingerprint density at radius 3 is 2.41 bits per heavy atom. The van der Waals surface area contributed by atoms with Crippen LogP contribution in [0.1, 0.15) is 24.8 Å². The monoisotopic (exact) mass is 413 g/mol. The van der Waals surface area contributed by atoms with Crippen LogP contribution in [-0.2, 0) is 30.3 Å². The maximum Gasteiger partial charge on any atom is 0.243 e. The first-order chi connectivity index (χ1) is 12.6. The molecule has 0 bridgehead atoms. The van der Waals surface area contributed by atoms with E-state index in [9.17, 15) is 21.6 Å². The zero-order chi connectivity index (χ0) is 19.9. The first kappa shape index (κ1) is 20.0. The number of nitrogens with one attached hydrogen (secondary N) is 1. The molecule has 148 valence electrons. The number of primary amides is 1. The van der Waals surface area contributed by atoms with E-state index in [1.54, 1.807) is 12.1 Å². The lowest BCUT2D eigenvalue weighted by molar-refractivity contribution is -0.120. The number of benzene rings is 1. The van der Waals surface area contributed by atoms with Gasteiger partial charge in [-0.3, -0.25) is 4.79 Å². The van der Waals surface area contributed by atoms with Gasteiger partial charge in [-0.2, -0.15) is 4.31 Å². The molecule has 1 saturated heterocycles. The molecule has 1 aliphatic heterocycles. The summed E-state index contributed by atoms with van der Waals surface area (Å²) in [5, 5.41) is 0.830. The van der Waals surface area contributed by atoms with Crippen molar-refractivity contribution in [3.8, 4) is 0 Å². The van der Waals surface area contributed by atoms with Gasteiger partial charge < -0.3 is 5.73 Å². The molecule has 1 aliphatic carbocycles. The number of carbonyl (C=O) groups excluding carboxylic acids is 1. The normalized spacial score (nSPS) is 22.4. The van der Waals surface area contributed by atoms with Crippen LogP contribution in [0, 0.1) is 5.92 Å². The van der Waals surface area contributed by atoms with Crippen LogP contribution >= 0.6 is 0 Å². The second-order valence-electron chi connectivity index (χ2n) is 7.05. The summed E-state index contributed by atoms with van der Waals surface area (Å²) >= 11 is 0. The summed E-state index contributed by atoms with van der Waals surface area (Å²) in [6, 6.07) is 6.30. The first-order valence-electron chi connectivity index (χ1n) is 8.63. The Morgan fingerprint density at radius 1 is 1.26 bits per heavy atom. The summed E-state index contributed by atoms with van der Waals surface area (Å²) < 4.78 is 52.3. The lowest BCUT2D eigenvalue weighted by Crippen LogP contribution is -2.32. The van der Waals surface area contributed by atoms with E-state index in [0.717, 1.165) is 11.0 Å². The molecule has 0 aromatic heterocycles. The molecule has 0 unspecified atom stereocenters. The van der Waals surface area contributed by atoms with Crippen LogP contribution in [0.25, 0.3) is 0 Å². The molecular weight excluding hydrogens is 390 g/mol. The van der Waals surface area contributed by atoms with Crippen molar-refractivity contribution in [2.24, 2.45) is 11.7 Å². The minimum atomic E-state index is -3.67. The van der Waals surface area contributed by atoms with Crippen LogP contribution in [0.5, 0.6) is 0 Å². The number of nitrogens with two attached hydrogens (primary N) is 1. The fourth-order valence-electron chi connectivity index (χ4n) is 3.37. The van der Waals surface area contributed by atoms with E-state index in [2.05, 4.69) is 11.3 Å². The molecule has 10 heteroatoms. The van der Waals surface area contributed by atoms with Gasteiger partial charge in [-0.1, -0.05) is 18.7 Å². The highest BCUT2D eigenvalue weighted by molar-refractivity contribution is 7.92. The van der Waals surface area contributed by atoms with Gasteiger partial charge in [0, 0.05) is 25.0 Å². The second-order valence-corrected chi connectivity index (χ2v) is 10.7. The highest BCUT2D eigenvalue weighted by atomic mass is 32.2. The van der Waals surface area contributed by atoms with Gasteiger partial charge >= 0.3 is 0 Å². The Morgan fingerprint density at radius 2 is 1.89 bits per heavy atom. The van der Waals surface area contributed by atoms with Crippen molar-refractivity contribution in [3.63, 3.8) is 0 Å². The van der Waals surface area contributed by atoms with Crippen molar-refractivity contribution < 1.29 is 21.6 Å². The number of nitrogens with zero attached hydrogens (tertiary/aromatic N) is 1. The smallest absolute Gasteiger partial charge is 0.243 e. The average molecular weight is 414 g/mol. The van der Waals surface area contributed by atoms with Crippen LogP contribution in [-0.4, -0.2) is 46.7 Å². The summed E-state index contributed by atoms with van der Waals surface area (Å²) in [6.45, 7) is 3.97. The van der Waals surface area contributed by atoms with Crippen molar-refractivity contribution in [1.29, 1.82) is 0 Å². The zero-order valence-electron chi connectivity index (χ0n) is 14.8. The minimum Gasteiger partial charge on any atom is -0.369 e. The fraction of sp³-hybridized carbons (Fsp3) is 0.471. The molecule has 0 radical (unpaired) electrons. The number of sulfonamides is 2. The van der Waals surface area contributed by atoms with Crippen LogP contribution in [0.3, 0.4) is 0 Å². The van der Waals surface area contributed by atoms with Gasteiger partial charge in [-0.05, 0) is 42.9 Å². The number of carbonyl (C=O) groups is 1. The van der Waals surface area contributed by atoms with E-state index in [1.165, 1.54) is 16.4 Å². The van der Waals surface area contributed by atoms with Gasteiger partial charge in [-0.15, -0.1) is 0 Å². The van der Waals surface area contributed by atoms with E-state index in [0.29, 0.717) is 25.8 Å². The molecule has 1 amide bonds. The van der Waals surface area contributed by atoms with Gasteiger partial charge in [0.25, 0.3) is 0 Å². The molecule has 2 aliphatic rings. The van der Waals surface area contributed by atoms with Gasteiger partial charge in [-0.25, -0.2) is 21.6 Å². The molecule has 8 nitrogen and oxygen atoms in total. The third-order valence-electron chi connectivity index (χ3n) is 5.31. The Hall–Kier alpha value is -1.75. The summed E-state index contributed by atoms with van der Waals surface area (Å²) in [7, 11) is -7.20. The first-order valence-corrected chi connectivity index (χ1v) is 11.6. The molecule has 1 atom stereocenters. The molecule has 27 heavy (non-hydrogen) atoms. The summed E-state index contributed by atoms with van der Waals surface area (Å²) in [6.07, 6.45) is 1.94. The quantitative estimate of drug-likeness (QED) is 0.633. The Bertz CT molecular complexity index is 951. The van der Waals surface area contributed by atoms with Crippen molar-refractivity contribution in [2.75, 3.05) is 19.6 Å². The Labute approximate surface area is 159 Å². The predicted molar refractivity (Wildman–Crippen MR) is 101 cm³/mol. The number of rotatable bonds is 8. The second kappa shape index (κ2) is 7.01. The fourth-order valence-corrected chi connectivity index (χ4v) is 5.49. The molecule has 2 fully saturated rings. The third kappa shape index (κ3) is 3.93. The predicted octanol–water partition coefficient (Wildman–Crippen LogP) is 0.277. The number of hydrogen-bond acceptors (Lipinski definition) is 5. The van der Waals surface area contributed by atoms with E-state index in [-0.39, 0.29) is 29.8 Å². The number of hydrogen-bond donors (Lipinski definition) is 2. The third-order valence-corrected chi connectivity index (χ3v) is 8.19. The molecule has 3 N–H and O–H groups in total. The minimum absolute atomic E-state index is 0.0987. The largest absolute Gasteiger partial charge is 0.369 e. The van der Waals surface area contributed by atoms with Crippen molar-refractivity contribution in [2.45, 2.75) is 29.6 Å². The van der Waals surface area contributed by atoms with Crippen LogP contribution in [0.4, 0.5) is 0 Å². The molecule has 0 spiro atoms. The van der Waals surface area contributed by atoms with Crippen LogP contribution in [0.15, 0.2) is 41.1 Å². The molecule has 3 rings (SSSR count). The summed E-state index contributed by atoms with van der Waals surface area (Å²) in [5.74, 6) is -0.485. The van der Waals surface area contributed by atoms with Gasteiger partial charge in [0.05, 0.1) is 10.3 Å². The average Bonchev–Trinajstić information content (AvgIpc) is 3.31. The molecule has 1 aromatic rings. The maximum absolute atomic E-state index is 12.8. The highest BCUT2D eigenvalue weighted by Gasteiger charge is 2.50. The van der Waals surface area contributed by atoms with E-state index in [4.69, 9.17) is 5.73 Å². The van der Waals surface area contributed by atoms with Gasteiger partial charge in [0.1, 0.15) is 0 Å². The maximum atomic E-state index is 12.8. The zero-order valence-corrected chi connectivity index (χ0v) is 16.4. The van der Waals surface area contributed by atoms with Crippen molar-refractivity contribution in [1.82, 2.24) is 9.03 Å². The van der Waals surface area contributed by atoms with Crippen molar-refractivity contribution in [3.05, 3.63) is 41.8 Å². The summed E-state index contributed by atoms with van der Waals surface area (Å²) in [5.41, 5.74) is 5.55. The van der Waals surface area contributed by atoms with E-state index >= 15 is 0 Å². The molecule has 1 aromatic carbocycles. The number of amides is 1. The van der Waals surface area contributed by atoms with Gasteiger partial charge in [0.2, 0.25) is 26.0 Å². The topological polar surface area (TPSA) is 127 Å². The molecule has 1 saturated carbocycles. The lowest BCUT2D eigenvalue weighted by Gasteiger charge is -2.18. The van der Waals surface area contributed by atoms with Crippen LogP contribution in [0.2, 0.25) is 0 Å². The molecule has 1 heterocycles. The standard InChI is InChI=1S/C17H23N3O5S2/c1-2-26(22,23)19-11-13-7-10-20(12-13)27(24,25)15-5-3-14(4-6-15)17(8-9-17)16(18)21/h2-6,13,19H,1,7-12H2,(H2,18,21)/t13-/m1/s1. The van der Waals surface area contributed by atoms with Crippen LogP contribution < -0.4 is 10.5 Å². The Balaban J connectivity index is 1.68. The molecular formula is C17H23N3O5S2. The Kier molecular flexibility index (Phi) is 5.19. The summed E-state index contributed by atoms with van der Waals surface area (Å²) in [4.78, 5) is 11.8. The van der Waals surface area contributed by atoms with E-state index in [1.807, 2.05) is 0 Å². The SMILES string of the molecule is C=CS(=O)(=O)NC[C@H]1CCN(S(=O)(=O)c2ccc(C3(C(N)=O)CC3)cc2)C1.